The van der Waals surface area contributed by atoms with Gasteiger partial charge in [0.05, 0.1) is 12.5 Å². The van der Waals surface area contributed by atoms with E-state index in [0.29, 0.717) is 12.6 Å². The van der Waals surface area contributed by atoms with Gasteiger partial charge in [-0.3, -0.25) is 4.79 Å². The second-order valence-electron chi connectivity index (χ2n) is 6.62. The van der Waals surface area contributed by atoms with E-state index in [2.05, 4.69) is 21.7 Å². The van der Waals surface area contributed by atoms with Crippen LogP contribution in [0.15, 0.2) is 5.16 Å². The van der Waals surface area contributed by atoms with Gasteiger partial charge < -0.3 is 9.30 Å². The Labute approximate surface area is 136 Å². The lowest BCUT2D eigenvalue weighted by atomic mass is 9.87. The Hall–Kier alpha value is -1.04. The summed E-state index contributed by atoms with van der Waals surface area (Å²) in [5.74, 6) is 2.76. The fraction of sp³-hybridized carbons (Fsp3) is 0.812. The van der Waals surface area contributed by atoms with Crippen LogP contribution in [0.4, 0.5) is 0 Å². The van der Waals surface area contributed by atoms with Crippen molar-refractivity contribution in [1.82, 2.24) is 14.8 Å². The minimum atomic E-state index is -0.0284. The van der Waals surface area contributed by atoms with Crippen LogP contribution in [0.3, 0.4) is 0 Å². The summed E-state index contributed by atoms with van der Waals surface area (Å²) in [5, 5.41) is 9.66. The number of thioether (sulfide) groups is 1. The number of aromatic nitrogens is 3. The molecule has 5 nitrogen and oxygen atoms in total. The average Bonchev–Trinajstić information content (AvgIpc) is 3.06. The SMILES string of the molecule is Cc1nnc(SCC[C@H]2CCOC2=O)n1[C@@H]1CCC[C@@H](C)C1. The number of carbonyl (C=O) groups is 1. The standard InChI is InChI=1S/C16H25N3O2S/c1-11-4-3-5-14(10-11)19-12(2)17-18-16(19)22-9-7-13-6-8-21-15(13)20/h11,13-14H,3-10H2,1-2H3/t11-,13-,14-/m1/s1. The Morgan fingerprint density at radius 3 is 2.91 bits per heavy atom. The van der Waals surface area contributed by atoms with Crippen molar-refractivity contribution in [3.8, 4) is 0 Å². The lowest BCUT2D eigenvalue weighted by Crippen LogP contribution is -2.19. The molecule has 1 aromatic rings. The smallest absolute Gasteiger partial charge is 0.309 e. The summed E-state index contributed by atoms with van der Waals surface area (Å²) in [6.07, 6.45) is 6.82. The van der Waals surface area contributed by atoms with Crippen LogP contribution < -0.4 is 0 Å². The minimum absolute atomic E-state index is 0.0284. The predicted octanol–water partition coefficient (Wildman–Crippen LogP) is 3.38. The molecule has 6 heteroatoms. The van der Waals surface area contributed by atoms with Gasteiger partial charge in [-0.1, -0.05) is 31.5 Å². The molecule has 0 radical (unpaired) electrons. The monoisotopic (exact) mass is 323 g/mol. The van der Waals surface area contributed by atoms with Crippen molar-refractivity contribution in [3.63, 3.8) is 0 Å². The van der Waals surface area contributed by atoms with E-state index in [1.54, 1.807) is 11.8 Å². The van der Waals surface area contributed by atoms with E-state index in [0.717, 1.165) is 35.5 Å². The van der Waals surface area contributed by atoms with Crippen LogP contribution in [0.25, 0.3) is 0 Å². The minimum Gasteiger partial charge on any atom is -0.465 e. The summed E-state index contributed by atoms with van der Waals surface area (Å²) < 4.78 is 7.35. The number of ether oxygens (including phenoxy) is 1. The Morgan fingerprint density at radius 1 is 1.32 bits per heavy atom. The molecule has 1 aliphatic carbocycles. The van der Waals surface area contributed by atoms with Gasteiger partial charge in [-0.05, 0) is 38.5 Å². The number of nitrogens with zero attached hydrogens (tertiary/aromatic N) is 3. The molecule has 2 aliphatic rings. The third-order valence-electron chi connectivity index (χ3n) is 4.85. The van der Waals surface area contributed by atoms with Crippen molar-refractivity contribution < 1.29 is 9.53 Å². The summed E-state index contributed by atoms with van der Waals surface area (Å²) in [6, 6.07) is 0.540. The Bertz CT molecular complexity index is 531. The lowest BCUT2D eigenvalue weighted by Gasteiger charge is -2.29. The van der Waals surface area contributed by atoms with E-state index >= 15 is 0 Å². The van der Waals surface area contributed by atoms with Crippen LogP contribution in [0, 0.1) is 18.8 Å². The van der Waals surface area contributed by atoms with E-state index in [1.165, 1.54) is 25.7 Å². The highest BCUT2D eigenvalue weighted by Crippen LogP contribution is 2.35. The molecule has 1 saturated carbocycles. The van der Waals surface area contributed by atoms with Gasteiger partial charge in [0.2, 0.25) is 0 Å². The van der Waals surface area contributed by atoms with Gasteiger partial charge >= 0.3 is 5.97 Å². The van der Waals surface area contributed by atoms with Gasteiger partial charge in [0.1, 0.15) is 5.82 Å². The Kier molecular flexibility index (Phi) is 5.06. The molecule has 0 N–H and O–H groups in total. The van der Waals surface area contributed by atoms with E-state index in [1.807, 2.05) is 6.92 Å². The van der Waals surface area contributed by atoms with E-state index < -0.39 is 0 Å². The van der Waals surface area contributed by atoms with Gasteiger partial charge in [-0.2, -0.15) is 0 Å². The summed E-state index contributed by atoms with van der Waals surface area (Å²) in [5.41, 5.74) is 0. The van der Waals surface area contributed by atoms with Crippen LogP contribution in [0.5, 0.6) is 0 Å². The second kappa shape index (κ2) is 7.02. The summed E-state index contributed by atoms with van der Waals surface area (Å²) >= 11 is 1.73. The molecule has 0 bridgehead atoms. The zero-order valence-electron chi connectivity index (χ0n) is 13.5. The van der Waals surface area contributed by atoms with Crippen LogP contribution in [0.2, 0.25) is 0 Å². The van der Waals surface area contributed by atoms with Crippen LogP contribution in [0.1, 0.15) is 57.3 Å². The molecule has 0 amide bonds. The van der Waals surface area contributed by atoms with E-state index in [9.17, 15) is 4.79 Å². The fourth-order valence-corrected chi connectivity index (χ4v) is 4.70. The van der Waals surface area contributed by atoms with E-state index in [-0.39, 0.29) is 11.9 Å². The number of carbonyl (C=O) groups excluding carboxylic acids is 1. The highest BCUT2D eigenvalue weighted by Gasteiger charge is 2.27. The third kappa shape index (κ3) is 3.47. The molecular formula is C16H25N3O2S. The maximum absolute atomic E-state index is 11.5. The van der Waals surface area contributed by atoms with Gasteiger partial charge in [-0.15, -0.1) is 10.2 Å². The highest BCUT2D eigenvalue weighted by atomic mass is 32.2. The maximum atomic E-state index is 11.5. The van der Waals surface area contributed by atoms with Crippen LogP contribution in [-0.4, -0.2) is 33.1 Å². The molecule has 3 rings (SSSR count). The fourth-order valence-electron chi connectivity index (χ4n) is 3.60. The van der Waals surface area contributed by atoms with Crippen LogP contribution >= 0.6 is 11.8 Å². The van der Waals surface area contributed by atoms with E-state index in [4.69, 9.17) is 4.74 Å². The second-order valence-corrected chi connectivity index (χ2v) is 7.68. The van der Waals surface area contributed by atoms with Gasteiger partial charge in [0, 0.05) is 11.8 Å². The van der Waals surface area contributed by atoms with Crippen molar-refractivity contribution in [2.45, 2.75) is 63.6 Å². The molecule has 0 aromatic carbocycles. The number of hydrogen-bond acceptors (Lipinski definition) is 5. The first kappa shape index (κ1) is 15.8. The first-order valence-corrected chi connectivity index (χ1v) is 9.34. The van der Waals surface area contributed by atoms with Gasteiger partial charge in [0.15, 0.2) is 5.16 Å². The molecule has 122 valence electrons. The summed E-state index contributed by atoms with van der Waals surface area (Å²) in [6.45, 7) is 4.97. The van der Waals surface area contributed by atoms with Crippen molar-refractivity contribution >= 4 is 17.7 Å². The molecule has 2 fully saturated rings. The topological polar surface area (TPSA) is 57.0 Å². The van der Waals surface area contributed by atoms with Crippen molar-refractivity contribution in [2.75, 3.05) is 12.4 Å². The molecule has 22 heavy (non-hydrogen) atoms. The molecule has 3 atom stereocenters. The normalized spacial score (nSPS) is 28.8. The quantitative estimate of drug-likeness (QED) is 0.614. The van der Waals surface area contributed by atoms with Crippen molar-refractivity contribution in [3.05, 3.63) is 5.82 Å². The molecule has 2 heterocycles. The summed E-state index contributed by atoms with van der Waals surface area (Å²) in [4.78, 5) is 11.5. The molecule has 1 saturated heterocycles. The number of hydrogen-bond donors (Lipinski definition) is 0. The Morgan fingerprint density at radius 2 is 2.18 bits per heavy atom. The van der Waals surface area contributed by atoms with Gasteiger partial charge in [-0.25, -0.2) is 0 Å². The zero-order valence-corrected chi connectivity index (χ0v) is 14.3. The molecular weight excluding hydrogens is 298 g/mol. The first-order valence-electron chi connectivity index (χ1n) is 8.36. The zero-order chi connectivity index (χ0) is 15.5. The Balaban J connectivity index is 1.60. The lowest BCUT2D eigenvalue weighted by molar-refractivity contribution is -0.141. The van der Waals surface area contributed by atoms with Crippen molar-refractivity contribution in [1.29, 1.82) is 0 Å². The van der Waals surface area contributed by atoms with Crippen LogP contribution in [-0.2, 0) is 9.53 Å². The number of rotatable bonds is 5. The largest absolute Gasteiger partial charge is 0.465 e. The molecule has 1 aromatic heterocycles. The summed E-state index contributed by atoms with van der Waals surface area (Å²) in [7, 11) is 0. The molecule has 0 unspecified atom stereocenters. The highest BCUT2D eigenvalue weighted by molar-refractivity contribution is 7.99. The van der Waals surface area contributed by atoms with Crippen molar-refractivity contribution in [2.24, 2.45) is 11.8 Å². The van der Waals surface area contributed by atoms with Gasteiger partial charge in [0.25, 0.3) is 0 Å². The first-order chi connectivity index (χ1) is 10.6. The third-order valence-corrected chi connectivity index (χ3v) is 5.83. The number of aryl methyl sites for hydroxylation is 1. The molecule has 1 aliphatic heterocycles. The number of esters is 1. The maximum Gasteiger partial charge on any atom is 0.309 e. The average molecular weight is 323 g/mol. The molecule has 0 spiro atoms. The number of cyclic esters (lactones) is 1. The predicted molar refractivity (Wildman–Crippen MR) is 85.8 cm³/mol.